The summed E-state index contributed by atoms with van der Waals surface area (Å²) in [6, 6.07) is 5.80. The van der Waals surface area contributed by atoms with Gasteiger partial charge in [0.15, 0.2) is 5.82 Å². The van der Waals surface area contributed by atoms with Gasteiger partial charge in [0.25, 0.3) is 0 Å². The molecule has 3 rings (SSSR count). The second-order valence-electron chi connectivity index (χ2n) is 5.18. The molecule has 1 aromatic heterocycles. The number of benzene rings is 1. The summed E-state index contributed by atoms with van der Waals surface area (Å²) in [5.74, 6) is 0.835. The number of nitrogens with two attached hydrogens (primary N) is 1. The van der Waals surface area contributed by atoms with Crippen LogP contribution in [0.15, 0.2) is 30.6 Å². The molecule has 0 amide bonds. The molecule has 6 heteroatoms. The molecule has 0 radical (unpaired) electrons. The molecule has 0 spiro atoms. The summed E-state index contributed by atoms with van der Waals surface area (Å²) in [4.78, 5) is 3.89. The van der Waals surface area contributed by atoms with Crippen molar-refractivity contribution in [2.24, 2.45) is 5.73 Å². The molecule has 2 N–H and O–H groups in total. The molecule has 0 fully saturated rings. The van der Waals surface area contributed by atoms with E-state index in [4.69, 9.17) is 10.5 Å². The minimum absolute atomic E-state index is 0.00532. The number of fused-ring (bicyclic) bond motifs is 1. The highest BCUT2D eigenvalue weighted by Gasteiger charge is 2.17. The van der Waals surface area contributed by atoms with Crippen LogP contribution in [-0.2, 0) is 13.0 Å². The van der Waals surface area contributed by atoms with Crippen LogP contribution < -0.4 is 10.5 Å². The average molecular weight is 293 g/mol. The summed E-state index contributed by atoms with van der Waals surface area (Å²) in [7, 11) is 0. The van der Waals surface area contributed by atoms with Crippen LogP contribution in [0.3, 0.4) is 0 Å². The van der Waals surface area contributed by atoms with Crippen molar-refractivity contribution >= 4 is 0 Å². The Labute approximate surface area is 121 Å². The van der Waals surface area contributed by atoms with Crippen LogP contribution in [0.4, 0.5) is 8.78 Å². The lowest BCUT2D eigenvalue weighted by atomic mass is 9.88. The van der Waals surface area contributed by atoms with E-state index in [1.54, 1.807) is 0 Å². The normalized spacial score (nSPS) is 17.8. The van der Waals surface area contributed by atoms with E-state index in [-0.39, 0.29) is 18.5 Å². The highest BCUT2D eigenvalue weighted by Crippen LogP contribution is 2.31. The van der Waals surface area contributed by atoms with E-state index >= 15 is 0 Å². The van der Waals surface area contributed by atoms with Gasteiger partial charge in [-0.3, -0.25) is 4.57 Å². The van der Waals surface area contributed by atoms with Crippen molar-refractivity contribution in [1.82, 2.24) is 9.55 Å². The zero-order valence-electron chi connectivity index (χ0n) is 11.5. The molecule has 112 valence electrons. The van der Waals surface area contributed by atoms with Gasteiger partial charge in [-0.25, -0.2) is 4.98 Å². The second kappa shape index (κ2) is 5.81. The van der Waals surface area contributed by atoms with E-state index in [2.05, 4.69) is 4.98 Å². The minimum atomic E-state index is -2.61. The van der Waals surface area contributed by atoms with E-state index in [0.29, 0.717) is 5.75 Å². The van der Waals surface area contributed by atoms with Gasteiger partial charge in [0.2, 0.25) is 0 Å². The highest BCUT2D eigenvalue weighted by molar-refractivity contribution is 5.39. The lowest BCUT2D eigenvalue weighted by Gasteiger charge is -2.22. The Morgan fingerprint density at radius 3 is 3.10 bits per heavy atom. The first-order valence-corrected chi connectivity index (χ1v) is 6.96. The van der Waals surface area contributed by atoms with E-state index < -0.39 is 6.55 Å². The van der Waals surface area contributed by atoms with Crippen molar-refractivity contribution in [3.8, 4) is 5.75 Å². The molecule has 0 aliphatic heterocycles. The van der Waals surface area contributed by atoms with Crippen molar-refractivity contribution in [2.75, 3.05) is 0 Å². The molecule has 0 saturated carbocycles. The number of hydrogen-bond acceptors (Lipinski definition) is 3. The first-order valence-electron chi connectivity index (χ1n) is 6.96. The number of nitrogens with zero attached hydrogens (tertiary/aromatic N) is 2. The Morgan fingerprint density at radius 2 is 2.29 bits per heavy atom. The van der Waals surface area contributed by atoms with E-state index in [1.165, 1.54) is 18.0 Å². The maximum atomic E-state index is 12.7. The van der Waals surface area contributed by atoms with E-state index in [0.717, 1.165) is 29.4 Å². The van der Waals surface area contributed by atoms with Crippen LogP contribution >= 0.6 is 0 Å². The Balaban J connectivity index is 1.74. The standard InChI is InChI=1S/C15H17F2N3O/c16-15(17)20-7-6-19-14(20)9-21-11-5-4-10-2-1-3-13(18)12(10)8-11/h4-8,13,15H,1-3,9,18H2/t13-/m1/s1. The molecule has 0 unspecified atom stereocenters. The first-order chi connectivity index (χ1) is 10.1. The maximum absolute atomic E-state index is 12.7. The summed E-state index contributed by atoms with van der Waals surface area (Å²) in [5.41, 5.74) is 8.44. The molecule has 1 aliphatic carbocycles. The number of alkyl halides is 2. The summed E-state index contributed by atoms with van der Waals surface area (Å²) in [6.45, 7) is -2.60. The van der Waals surface area contributed by atoms with E-state index in [9.17, 15) is 8.78 Å². The van der Waals surface area contributed by atoms with Gasteiger partial charge >= 0.3 is 6.55 Å². The van der Waals surface area contributed by atoms with Crippen LogP contribution in [-0.4, -0.2) is 9.55 Å². The predicted molar refractivity (Wildman–Crippen MR) is 74.1 cm³/mol. The van der Waals surface area contributed by atoms with Crippen LogP contribution in [0.5, 0.6) is 5.75 Å². The Bertz CT molecular complexity index is 627. The van der Waals surface area contributed by atoms with Crippen molar-refractivity contribution in [1.29, 1.82) is 0 Å². The second-order valence-corrected chi connectivity index (χ2v) is 5.18. The smallest absolute Gasteiger partial charge is 0.320 e. The van der Waals surface area contributed by atoms with Gasteiger partial charge in [-0.05, 0) is 42.5 Å². The van der Waals surface area contributed by atoms with E-state index in [1.807, 2.05) is 18.2 Å². The van der Waals surface area contributed by atoms with Gasteiger partial charge in [0.05, 0.1) is 0 Å². The Kier molecular flexibility index (Phi) is 3.88. The number of aromatic nitrogens is 2. The fraction of sp³-hybridized carbons (Fsp3) is 0.400. The monoisotopic (exact) mass is 293 g/mol. The van der Waals surface area contributed by atoms with Crippen LogP contribution in [0.1, 0.15) is 42.4 Å². The van der Waals surface area contributed by atoms with Crippen LogP contribution in [0, 0.1) is 0 Å². The van der Waals surface area contributed by atoms with Gasteiger partial charge in [0, 0.05) is 18.4 Å². The van der Waals surface area contributed by atoms with Gasteiger partial charge in [0.1, 0.15) is 12.4 Å². The number of ether oxygens (including phenoxy) is 1. The largest absolute Gasteiger partial charge is 0.486 e. The molecule has 1 aromatic carbocycles. The van der Waals surface area contributed by atoms with Gasteiger partial charge < -0.3 is 10.5 Å². The SMILES string of the molecule is N[C@@H]1CCCc2ccc(OCc3nccn3C(F)F)cc21. The lowest BCUT2D eigenvalue weighted by molar-refractivity contribution is 0.0632. The molecular weight excluding hydrogens is 276 g/mol. The van der Waals surface area contributed by atoms with Gasteiger partial charge in [-0.2, -0.15) is 8.78 Å². The van der Waals surface area contributed by atoms with Gasteiger partial charge in [-0.1, -0.05) is 6.07 Å². The zero-order valence-corrected chi connectivity index (χ0v) is 11.5. The molecule has 1 atom stereocenters. The van der Waals surface area contributed by atoms with Gasteiger partial charge in [-0.15, -0.1) is 0 Å². The number of aryl methyl sites for hydroxylation is 1. The third-order valence-electron chi connectivity index (χ3n) is 3.81. The maximum Gasteiger partial charge on any atom is 0.320 e. The number of halogens is 2. The highest BCUT2D eigenvalue weighted by atomic mass is 19.3. The first kappa shape index (κ1) is 14.0. The summed E-state index contributed by atoms with van der Waals surface area (Å²) in [6.07, 6.45) is 5.67. The molecule has 21 heavy (non-hydrogen) atoms. The third-order valence-corrected chi connectivity index (χ3v) is 3.81. The molecule has 1 heterocycles. The molecule has 2 aromatic rings. The third kappa shape index (κ3) is 2.90. The Hall–Kier alpha value is -1.95. The Morgan fingerprint density at radius 1 is 1.43 bits per heavy atom. The molecule has 0 bridgehead atoms. The van der Waals surface area contributed by atoms with Crippen LogP contribution in [0.25, 0.3) is 0 Å². The quantitative estimate of drug-likeness (QED) is 0.942. The molecule has 4 nitrogen and oxygen atoms in total. The molecular formula is C15H17F2N3O. The fourth-order valence-corrected chi connectivity index (χ4v) is 2.68. The predicted octanol–water partition coefficient (Wildman–Crippen LogP) is 3.19. The topological polar surface area (TPSA) is 53.1 Å². The summed E-state index contributed by atoms with van der Waals surface area (Å²) in [5, 5.41) is 0. The van der Waals surface area contributed by atoms with Crippen molar-refractivity contribution < 1.29 is 13.5 Å². The number of rotatable bonds is 4. The molecule has 0 saturated heterocycles. The van der Waals surface area contributed by atoms with Crippen LogP contribution in [0.2, 0.25) is 0 Å². The minimum Gasteiger partial charge on any atom is -0.486 e. The van der Waals surface area contributed by atoms with Crippen molar-refractivity contribution in [3.63, 3.8) is 0 Å². The number of hydrogen-bond donors (Lipinski definition) is 1. The lowest BCUT2D eigenvalue weighted by Crippen LogP contribution is -2.17. The van der Waals surface area contributed by atoms with Crippen molar-refractivity contribution in [2.45, 2.75) is 38.5 Å². The van der Waals surface area contributed by atoms with Crippen molar-refractivity contribution in [3.05, 3.63) is 47.5 Å². The number of imidazole rings is 1. The zero-order chi connectivity index (χ0) is 14.8. The fourth-order valence-electron chi connectivity index (χ4n) is 2.68. The molecule has 1 aliphatic rings. The summed E-state index contributed by atoms with van der Waals surface area (Å²) >= 11 is 0. The average Bonchev–Trinajstić information content (AvgIpc) is 2.94. The summed E-state index contributed by atoms with van der Waals surface area (Å²) < 4.78 is 31.8.